The molecule has 2 rings (SSSR count). The minimum Gasteiger partial charge on any atom is -0.480 e. The van der Waals surface area contributed by atoms with Gasteiger partial charge in [-0.3, -0.25) is 4.79 Å². The van der Waals surface area contributed by atoms with Crippen molar-refractivity contribution in [3.63, 3.8) is 0 Å². The number of benzene rings is 1. The largest absolute Gasteiger partial charge is 0.480 e. The van der Waals surface area contributed by atoms with E-state index in [9.17, 15) is 14.7 Å². The van der Waals surface area contributed by atoms with Crippen molar-refractivity contribution in [3.05, 3.63) is 35.4 Å². The van der Waals surface area contributed by atoms with Gasteiger partial charge in [0.2, 0.25) is 0 Å². The number of carboxylic acid groups (broad SMARTS) is 1. The minimum absolute atomic E-state index is 0.297. The van der Waals surface area contributed by atoms with Crippen molar-refractivity contribution in [2.45, 2.75) is 51.0 Å². The second-order valence-corrected chi connectivity index (χ2v) is 5.62. The van der Waals surface area contributed by atoms with Gasteiger partial charge in [0.15, 0.2) is 0 Å². The van der Waals surface area contributed by atoms with Crippen LogP contribution in [-0.4, -0.2) is 22.5 Å². The molecular formula is C16H21NO3. The number of rotatable bonds is 3. The predicted molar refractivity (Wildman–Crippen MR) is 76.7 cm³/mol. The standard InChI is InChI=1S/C16H21NO3/c1-12-6-8-13(9-7-12)14(18)17-16(15(19)20)10-4-2-3-5-11-16/h6-9H,2-5,10-11H2,1H3,(H,17,18)(H,19,20). The van der Waals surface area contributed by atoms with Gasteiger partial charge in [0.05, 0.1) is 0 Å². The molecule has 2 N–H and O–H groups in total. The van der Waals surface area contributed by atoms with Crippen molar-refractivity contribution < 1.29 is 14.7 Å². The highest BCUT2D eigenvalue weighted by molar-refractivity contribution is 5.97. The second-order valence-electron chi connectivity index (χ2n) is 5.62. The molecule has 4 heteroatoms. The molecule has 108 valence electrons. The summed E-state index contributed by atoms with van der Waals surface area (Å²) < 4.78 is 0. The van der Waals surface area contributed by atoms with Gasteiger partial charge in [0.25, 0.3) is 5.91 Å². The van der Waals surface area contributed by atoms with Gasteiger partial charge in [-0.15, -0.1) is 0 Å². The van der Waals surface area contributed by atoms with Crippen molar-refractivity contribution in [1.82, 2.24) is 5.32 Å². The molecule has 0 radical (unpaired) electrons. The maximum atomic E-state index is 12.3. The molecule has 1 amide bonds. The van der Waals surface area contributed by atoms with Gasteiger partial charge in [-0.2, -0.15) is 0 Å². The first-order chi connectivity index (χ1) is 9.53. The molecule has 1 fully saturated rings. The van der Waals surface area contributed by atoms with Crippen molar-refractivity contribution in [1.29, 1.82) is 0 Å². The fourth-order valence-electron chi connectivity index (χ4n) is 2.72. The summed E-state index contributed by atoms with van der Waals surface area (Å²) in [6, 6.07) is 7.18. The summed E-state index contributed by atoms with van der Waals surface area (Å²) in [5.41, 5.74) is 0.489. The lowest BCUT2D eigenvalue weighted by Gasteiger charge is -2.29. The van der Waals surface area contributed by atoms with Gasteiger partial charge in [-0.05, 0) is 31.9 Å². The summed E-state index contributed by atoms with van der Waals surface area (Å²) in [6.45, 7) is 1.95. The van der Waals surface area contributed by atoms with E-state index in [4.69, 9.17) is 0 Å². The van der Waals surface area contributed by atoms with Crippen LogP contribution in [0.1, 0.15) is 54.4 Å². The third-order valence-electron chi connectivity index (χ3n) is 4.03. The topological polar surface area (TPSA) is 66.4 Å². The summed E-state index contributed by atoms with van der Waals surface area (Å²) in [7, 11) is 0. The molecule has 1 aliphatic carbocycles. The molecule has 0 atom stereocenters. The van der Waals surface area contributed by atoms with Crippen LogP contribution in [0.25, 0.3) is 0 Å². The molecule has 1 aromatic rings. The summed E-state index contributed by atoms with van der Waals surface area (Å²) in [6.07, 6.45) is 4.80. The van der Waals surface area contributed by atoms with Crippen molar-refractivity contribution in [3.8, 4) is 0 Å². The zero-order chi connectivity index (χ0) is 14.6. The molecule has 0 unspecified atom stereocenters. The number of amides is 1. The van der Waals surface area contributed by atoms with E-state index < -0.39 is 11.5 Å². The third-order valence-corrected chi connectivity index (χ3v) is 4.03. The highest BCUT2D eigenvalue weighted by Gasteiger charge is 2.40. The Balaban J connectivity index is 2.17. The van der Waals surface area contributed by atoms with Gasteiger partial charge in [-0.25, -0.2) is 4.79 Å². The van der Waals surface area contributed by atoms with E-state index in [1.807, 2.05) is 19.1 Å². The Kier molecular flexibility index (Phi) is 4.42. The third kappa shape index (κ3) is 3.18. The summed E-state index contributed by atoms with van der Waals surface area (Å²) in [5.74, 6) is -1.21. The first-order valence-electron chi connectivity index (χ1n) is 7.16. The van der Waals surface area contributed by atoms with Gasteiger partial charge in [0, 0.05) is 5.56 Å². The molecule has 0 bridgehead atoms. The quantitative estimate of drug-likeness (QED) is 0.833. The van der Waals surface area contributed by atoms with E-state index in [-0.39, 0.29) is 5.91 Å². The Labute approximate surface area is 119 Å². The fraction of sp³-hybridized carbons (Fsp3) is 0.500. The smallest absolute Gasteiger partial charge is 0.329 e. The number of carbonyl (C=O) groups is 2. The van der Waals surface area contributed by atoms with Crippen LogP contribution in [0.5, 0.6) is 0 Å². The van der Waals surface area contributed by atoms with Crippen LogP contribution in [0.3, 0.4) is 0 Å². The maximum Gasteiger partial charge on any atom is 0.329 e. The lowest BCUT2D eigenvalue weighted by Crippen LogP contribution is -2.54. The molecule has 4 nitrogen and oxygen atoms in total. The van der Waals surface area contributed by atoms with Crippen LogP contribution in [0.4, 0.5) is 0 Å². The van der Waals surface area contributed by atoms with Crippen molar-refractivity contribution in [2.75, 3.05) is 0 Å². The number of nitrogens with one attached hydrogen (secondary N) is 1. The molecular weight excluding hydrogens is 254 g/mol. The number of carbonyl (C=O) groups excluding carboxylic acids is 1. The predicted octanol–water partition coefficient (Wildman–Crippen LogP) is 2.90. The molecule has 1 aliphatic rings. The van der Waals surface area contributed by atoms with Crippen LogP contribution in [0, 0.1) is 6.92 Å². The number of hydrogen-bond donors (Lipinski definition) is 2. The van der Waals surface area contributed by atoms with E-state index in [1.165, 1.54) is 0 Å². The van der Waals surface area contributed by atoms with Crippen LogP contribution in [0.15, 0.2) is 24.3 Å². The van der Waals surface area contributed by atoms with Crippen LogP contribution in [0.2, 0.25) is 0 Å². The van der Waals surface area contributed by atoms with E-state index >= 15 is 0 Å². The van der Waals surface area contributed by atoms with Gasteiger partial charge in [0.1, 0.15) is 5.54 Å². The zero-order valence-electron chi connectivity index (χ0n) is 11.8. The maximum absolute atomic E-state index is 12.3. The first kappa shape index (κ1) is 14.6. The highest BCUT2D eigenvalue weighted by Crippen LogP contribution is 2.28. The Bertz CT molecular complexity index is 485. The Morgan fingerprint density at radius 2 is 1.60 bits per heavy atom. The van der Waals surface area contributed by atoms with Crippen molar-refractivity contribution >= 4 is 11.9 Å². The molecule has 0 saturated heterocycles. The Hall–Kier alpha value is -1.84. The molecule has 0 aromatic heterocycles. The fourth-order valence-corrected chi connectivity index (χ4v) is 2.72. The first-order valence-corrected chi connectivity index (χ1v) is 7.16. The van der Waals surface area contributed by atoms with Crippen molar-refractivity contribution in [2.24, 2.45) is 0 Å². The van der Waals surface area contributed by atoms with E-state index in [1.54, 1.807) is 12.1 Å². The average Bonchev–Trinajstić information content (AvgIpc) is 2.66. The highest BCUT2D eigenvalue weighted by atomic mass is 16.4. The summed E-state index contributed by atoms with van der Waals surface area (Å²) in [5, 5.41) is 12.3. The van der Waals surface area contributed by atoms with E-state index in [2.05, 4.69) is 5.32 Å². The number of aliphatic carboxylic acids is 1. The molecule has 1 aromatic carbocycles. The molecule has 0 aliphatic heterocycles. The Morgan fingerprint density at radius 3 is 2.10 bits per heavy atom. The second kappa shape index (κ2) is 6.07. The summed E-state index contributed by atoms with van der Waals surface area (Å²) in [4.78, 5) is 23.9. The molecule has 20 heavy (non-hydrogen) atoms. The van der Waals surface area contributed by atoms with Gasteiger partial charge >= 0.3 is 5.97 Å². The average molecular weight is 275 g/mol. The van der Waals surface area contributed by atoms with Crippen LogP contribution in [-0.2, 0) is 4.79 Å². The lowest BCUT2D eigenvalue weighted by molar-refractivity contribution is -0.145. The molecule has 1 saturated carbocycles. The Morgan fingerprint density at radius 1 is 1.05 bits per heavy atom. The zero-order valence-corrected chi connectivity index (χ0v) is 11.8. The normalized spacial score (nSPS) is 18.1. The summed E-state index contributed by atoms with van der Waals surface area (Å²) >= 11 is 0. The number of aryl methyl sites for hydroxylation is 1. The van der Waals surface area contributed by atoms with E-state index in [0.717, 1.165) is 31.2 Å². The van der Waals surface area contributed by atoms with E-state index in [0.29, 0.717) is 18.4 Å². The van der Waals surface area contributed by atoms with Crippen LogP contribution < -0.4 is 5.32 Å². The monoisotopic (exact) mass is 275 g/mol. The van der Waals surface area contributed by atoms with Crippen LogP contribution >= 0.6 is 0 Å². The minimum atomic E-state index is -1.10. The SMILES string of the molecule is Cc1ccc(C(=O)NC2(C(=O)O)CCCCCC2)cc1. The van der Waals surface area contributed by atoms with Gasteiger partial charge in [-0.1, -0.05) is 43.4 Å². The number of carboxylic acids is 1. The molecule has 0 spiro atoms. The van der Waals surface area contributed by atoms with Gasteiger partial charge < -0.3 is 10.4 Å². The number of hydrogen-bond acceptors (Lipinski definition) is 2. The lowest BCUT2D eigenvalue weighted by atomic mass is 9.90. The molecule has 0 heterocycles.